The number of nitrogens with zero attached hydrogens (tertiary/aromatic N) is 2. The maximum absolute atomic E-state index is 12.9. The molecule has 2 amide bonds. The molecule has 1 aromatic carbocycles. The third-order valence-corrected chi connectivity index (χ3v) is 5.26. The van der Waals surface area contributed by atoms with Crippen molar-refractivity contribution in [3.05, 3.63) is 30.1 Å². The average Bonchev–Trinajstić information content (AvgIpc) is 2.79. The molecule has 25 heavy (non-hydrogen) atoms. The summed E-state index contributed by atoms with van der Waals surface area (Å²) in [6.07, 6.45) is 2.06. The molecule has 0 aliphatic carbocycles. The minimum Gasteiger partial charge on any atom is -0.484 e. The quantitative estimate of drug-likeness (QED) is 0.885. The molecule has 1 N–H and O–H groups in total. The van der Waals surface area contributed by atoms with Gasteiger partial charge in [-0.1, -0.05) is 0 Å². The fourth-order valence-corrected chi connectivity index (χ4v) is 3.58. The molecular weight excluding hydrogens is 325 g/mol. The predicted molar refractivity (Wildman–Crippen MR) is 90.7 cm³/mol. The molecule has 2 aliphatic rings. The number of halogens is 1. The van der Waals surface area contributed by atoms with Crippen LogP contribution in [0.15, 0.2) is 24.3 Å². The van der Waals surface area contributed by atoms with E-state index in [0.29, 0.717) is 31.8 Å². The Morgan fingerprint density at radius 2 is 2.04 bits per heavy atom. The minimum atomic E-state index is -0.337. The van der Waals surface area contributed by atoms with Crippen LogP contribution in [0.1, 0.15) is 19.3 Å². The number of hydrogen-bond acceptors (Lipinski definition) is 4. The fraction of sp³-hybridized carbons (Fsp3) is 0.556. The highest BCUT2D eigenvalue weighted by molar-refractivity contribution is 5.78. The van der Waals surface area contributed by atoms with E-state index in [4.69, 9.17) is 4.74 Å². The Morgan fingerprint density at radius 1 is 1.28 bits per heavy atom. The van der Waals surface area contributed by atoms with Crippen LogP contribution in [-0.2, 0) is 9.59 Å². The molecular formula is C18H24FN3O3. The lowest BCUT2D eigenvalue weighted by Gasteiger charge is -2.49. The number of piperazine rings is 1. The van der Waals surface area contributed by atoms with Gasteiger partial charge in [-0.15, -0.1) is 0 Å². The summed E-state index contributed by atoms with van der Waals surface area (Å²) in [6.45, 7) is 2.59. The van der Waals surface area contributed by atoms with E-state index in [9.17, 15) is 14.0 Å². The van der Waals surface area contributed by atoms with E-state index in [2.05, 4.69) is 17.3 Å². The van der Waals surface area contributed by atoms with Crippen molar-refractivity contribution in [2.75, 3.05) is 39.8 Å². The molecule has 0 bridgehead atoms. The van der Waals surface area contributed by atoms with Gasteiger partial charge in [0.1, 0.15) is 11.6 Å². The van der Waals surface area contributed by atoms with Crippen molar-refractivity contribution in [1.29, 1.82) is 0 Å². The first-order valence-electron chi connectivity index (χ1n) is 8.63. The highest BCUT2D eigenvalue weighted by atomic mass is 19.1. The first kappa shape index (κ1) is 17.7. The maximum atomic E-state index is 12.9. The van der Waals surface area contributed by atoms with Crippen LogP contribution in [-0.4, -0.2) is 67.0 Å². The van der Waals surface area contributed by atoms with Crippen molar-refractivity contribution in [3.63, 3.8) is 0 Å². The molecule has 1 atom stereocenters. The van der Waals surface area contributed by atoms with Crippen LogP contribution in [0.5, 0.6) is 5.75 Å². The average molecular weight is 349 g/mol. The molecule has 3 rings (SSSR count). The van der Waals surface area contributed by atoms with Gasteiger partial charge >= 0.3 is 0 Å². The first-order chi connectivity index (χ1) is 12.0. The van der Waals surface area contributed by atoms with Gasteiger partial charge in [0, 0.05) is 38.1 Å². The molecule has 2 aliphatic heterocycles. The molecule has 136 valence electrons. The van der Waals surface area contributed by atoms with Crippen LogP contribution < -0.4 is 10.1 Å². The second-order valence-corrected chi connectivity index (χ2v) is 6.80. The summed E-state index contributed by atoms with van der Waals surface area (Å²) in [5.41, 5.74) is -0.164. The molecule has 2 heterocycles. The van der Waals surface area contributed by atoms with Crippen molar-refractivity contribution < 1.29 is 18.7 Å². The van der Waals surface area contributed by atoms with Gasteiger partial charge in [0.2, 0.25) is 5.91 Å². The van der Waals surface area contributed by atoms with Crippen LogP contribution in [0.3, 0.4) is 0 Å². The second kappa shape index (κ2) is 7.39. The summed E-state index contributed by atoms with van der Waals surface area (Å²) >= 11 is 0. The Hall–Kier alpha value is -2.15. The van der Waals surface area contributed by atoms with E-state index >= 15 is 0 Å². The van der Waals surface area contributed by atoms with E-state index in [1.807, 2.05) is 4.90 Å². The smallest absolute Gasteiger partial charge is 0.260 e. The van der Waals surface area contributed by atoms with Gasteiger partial charge < -0.3 is 15.0 Å². The second-order valence-electron chi connectivity index (χ2n) is 6.80. The highest BCUT2D eigenvalue weighted by Gasteiger charge is 2.42. The number of benzene rings is 1. The fourth-order valence-electron chi connectivity index (χ4n) is 3.58. The maximum Gasteiger partial charge on any atom is 0.260 e. The van der Waals surface area contributed by atoms with E-state index in [0.717, 1.165) is 19.4 Å². The molecule has 0 unspecified atom stereocenters. The number of amides is 2. The Balaban J connectivity index is 1.61. The van der Waals surface area contributed by atoms with Crippen molar-refractivity contribution in [1.82, 2.24) is 15.1 Å². The molecule has 6 nitrogen and oxygen atoms in total. The van der Waals surface area contributed by atoms with E-state index in [1.54, 1.807) is 0 Å². The lowest BCUT2D eigenvalue weighted by Crippen LogP contribution is -2.62. The lowest BCUT2D eigenvalue weighted by atomic mass is 9.86. The molecule has 1 spiro atoms. The third-order valence-electron chi connectivity index (χ3n) is 5.26. The molecule has 1 aromatic rings. The Bertz CT molecular complexity index is 637. The summed E-state index contributed by atoms with van der Waals surface area (Å²) in [7, 11) is 2.06. The zero-order valence-electron chi connectivity index (χ0n) is 14.5. The summed E-state index contributed by atoms with van der Waals surface area (Å²) < 4.78 is 18.4. The number of rotatable bonds is 3. The highest BCUT2D eigenvalue weighted by Crippen LogP contribution is 2.30. The monoisotopic (exact) mass is 349 g/mol. The number of ether oxygens (including phenoxy) is 1. The summed E-state index contributed by atoms with van der Waals surface area (Å²) in [5.74, 6) is 0.132. The van der Waals surface area contributed by atoms with Crippen LogP contribution in [0.2, 0.25) is 0 Å². The zero-order valence-corrected chi connectivity index (χ0v) is 14.5. The molecule has 0 aromatic heterocycles. The standard InChI is InChI=1S/C18H24FN3O3/c1-21-10-11-22(13-18(21)7-6-16(23)20-9-8-18)17(24)12-25-15-4-2-14(19)3-5-15/h2-5H,6-13H2,1H3,(H,20,23)/t18-/m1/s1. The molecule has 0 radical (unpaired) electrons. The third kappa shape index (κ3) is 4.10. The lowest BCUT2D eigenvalue weighted by molar-refractivity contribution is -0.139. The number of carbonyl (C=O) groups excluding carboxylic acids is 2. The number of nitrogens with one attached hydrogen (secondary N) is 1. The number of hydrogen-bond donors (Lipinski definition) is 1. The van der Waals surface area contributed by atoms with E-state index < -0.39 is 0 Å². The van der Waals surface area contributed by atoms with Crippen LogP contribution in [0.25, 0.3) is 0 Å². The summed E-state index contributed by atoms with van der Waals surface area (Å²) in [6, 6.07) is 5.63. The normalized spacial score (nSPS) is 24.7. The van der Waals surface area contributed by atoms with Crippen molar-refractivity contribution in [3.8, 4) is 5.75 Å². The van der Waals surface area contributed by atoms with Gasteiger partial charge in [-0.25, -0.2) is 4.39 Å². The van der Waals surface area contributed by atoms with Gasteiger partial charge in [-0.2, -0.15) is 0 Å². The number of carbonyl (C=O) groups is 2. The molecule has 2 saturated heterocycles. The van der Waals surface area contributed by atoms with Crippen LogP contribution in [0, 0.1) is 5.82 Å². The van der Waals surface area contributed by atoms with Crippen molar-refractivity contribution in [2.45, 2.75) is 24.8 Å². The summed E-state index contributed by atoms with van der Waals surface area (Å²) in [5, 5.41) is 2.91. The zero-order chi connectivity index (χ0) is 17.9. The van der Waals surface area contributed by atoms with Crippen molar-refractivity contribution in [2.24, 2.45) is 0 Å². The Labute approximate surface area is 146 Å². The van der Waals surface area contributed by atoms with E-state index in [1.165, 1.54) is 24.3 Å². The largest absolute Gasteiger partial charge is 0.484 e. The molecule has 7 heteroatoms. The Morgan fingerprint density at radius 3 is 2.80 bits per heavy atom. The molecule has 2 fully saturated rings. The van der Waals surface area contributed by atoms with E-state index in [-0.39, 0.29) is 29.8 Å². The van der Waals surface area contributed by atoms with Gasteiger partial charge in [0.25, 0.3) is 5.91 Å². The topological polar surface area (TPSA) is 61.9 Å². The van der Waals surface area contributed by atoms with Crippen molar-refractivity contribution >= 4 is 11.8 Å². The molecule has 0 saturated carbocycles. The number of likely N-dealkylation sites (N-methyl/N-ethyl adjacent to an activating group) is 1. The predicted octanol–water partition coefficient (Wildman–Crippen LogP) is 1.02. The van der Waals surface area contributed by atoms with Gasteiger partial charge in [-0.3, -0.25) is 14.5 Å². The van der Waals surface area contributed by atoms with Gasteiger partial charge in [-0.05, 0) is 44.2 Å². The minimum absolute atomic E-state index is 0.0669. The van der Waals surface area contributed by atoms with Gasteiger partial charge in [0.15, 0.2) is 6.61 Å². The Kier molecular flexibility index (Phi) is 5.22. The SMILES string of the molecule is CN1CCN(C(=O)COc2ccc(F)cc2)C[C@@]12CCNC(=O)CC2. The first-order valence-corrected chi connectivity index (χ1v) is 8.63. The van der Waals surface area contributed by atoms with Gasteiger partial charge in [0.05, 0.1) is 0 Å². The van der Waals surface area contributed by atoms with Crippen LogP contribution in [0.4, 0.5) is 4.39 Å². The summed E-state index contributed by atoms with van der Waals surface area (Å²) in [4.78, 5) is 28.3. The van der Waals surface area contributed by atoms with Crippen LogP contribution >= 0.6 is 0 Å².